The standard InChI is InChI=1S/C29H38N4O4/c1-4-11-32-18-22(3)33(19-21(32)2)28(24-8-6-10-26(34)17-24)23-7-5-9-25(16-23)29(37)31-14-12-30(13-15-31)20-27(35)36/h4-10,16-17,21-22,28,34H,1,11-15,18-20H2,2-3H3,(H,35,36)/t21-,22-,28?/m1/s1. The van der Waals surface area contributed by atoms with E-state index in [1.54, 1.807) is 11.0 Å². The zero-order valence-corrected chi connectivity index (χ0v) is 21.8. The minimum Gasteiger partial charge on any atom is -0.508 e. The second-order valence-corrected chi connectivity index (χ2v) is 10.2. The molecule has 2 saturated heterocycles. The molecule has 2 N–H and O–H groups in total. The second-order valence-electron chi connectivity index (χ2n) is 10.2. The number of piperazine rings is 2. The van der Waals surface area contributed by atoms with Crippen molar-refractivity contribution in [3.63, 3.8) is 0 Å². The number of amides is 1. The van der Waals surface area contributed by atoms with E-state index >= 15 is 0 Å². The summed E-state index contributed by atoms with van der Waals surface area (Å²) in [4.78, 5) is 33.0. The van der Waals surface area contributed by atoms with Crippen molar-refractivity contribution < 1.29 is 19.8 Å². The minimum absolute atomic E-state index is 0.000212. The maximum Gasteiger partial charge on any atom is 0.317 e. The quantitative estimate of drug-likeness (QED) is 0.533. The van der Waals surface area contributed by atoms with Crippen LogP contribution in [0.15, 0.2) is 61.2 Å². The number of rotatable bonds is 8. The highest BCUT2D eigenvalue weighted by Crippen LogP contribution is 2.35. The predicted octanol–water partition coefficient (Wildman–Crippen LogP) is 2.90. The van der Waals surface area contributed by atoms with Crippen LogP contribution in [0.1, 0.15) is 41.4 Å². The van der Waals surface area contributed by atoms with Gasteiger partial charge in [-0.05, 0) is 49.2 Å². The maximum absolute atomic E-state index is 13.4. The molecule has 4 rings (SSSR count). The zero-order valence-electron chi connectivity index (χ0n) is 21.8. The molecule has 37 heavy (non-hydrogen) atoms. The van der Waals surface area contributed by atoms with Gasteiger partial charge in [0.25, 0.3) is 5.91 Å². The van der Waals surface area contributed by atoms with Crippen molar-refractivity contribution in [1.82, 2.24) is 19.6 Å². The molecule has 1 amide bonds. The molecule has 2 aromatic carbocycles. The zero-order chi connectivity index (χ0) is 26.5. The highest BCUT2D eigenvalue weighted by molar-refractivity contribution is 5.94. The fourth-order valence-corrected chi connectivity index (χ4v) is 5.60. The van der Waals surface area contributed by atoms with Gasteiger partial charge in [-0.1, -0.05) is 30.3 Å². The van der Waals surface area contributed by atoms with Gasteiger partial charge >= 0.3 is 5.97 Å². The molecular weight excluding hydrogens is 468 g/mol. The van der Waals surface area contributed by atoms with Gasteiger partial charge in [-0.25, -0.2) is 0 Å². The molecule has 3 atom stereocenters. The SMILES string of the molecule is C=CCN1C[C@@H](C)N(C(c2cccc(O)c2)c2cccc(C(=O)N3CCN(CC(=O)O)CC3)c2)C[C@H]1C. The Morgan fingerprint density at radius 1 is 1.00 bits per heavy atom. The number of aliphatic carboxylic acids is 1. The number of hydrogen-bond acceptors (Lipinski definition) is 6. The van der Waals surface area contributed by atoms with E-state index in [2.05, 4.69) is 36.3 Å². The molecule has 1 unspecified atom stereocenters. The van der Waals surface area contributed by atoms with Crippen LogP contribution in [-0.2, 0) is 4.79 Å². The molecule has 0 radical (unpaired) electrons. The van der Waals surface area contributed by atoms with Crippen LogP contribution in [-0.4, -0.2) is 106 Å². The Kier molecular flexibility index (Phi) is 8.63. The summed E-state index contributed by atoms with van der Waals surface area (Å²) in [5.74, 6) is -0.664. The van der Waals surface area contributed by atoms with Crippen molar-refractivity contribution >= 4 is 11.9 Å². The molecule has 2 aliphatic rings. The van der Waals surface area contributed by atoms with Gasteiger partial charge in [-0.3, -0.25) is 24.3 Å². The molecule has 8 heteroatoms. The first-order valence-electron chi connectivity index (χ1n) is 13.0. The van der Waals surface area contributed by atoms with Gasteiger partial charge in [0.15, 0.2) is 0 Å². The molecule has 0 aromatic heterocycles. The van der Waals surface area contributed by atoms with Gasteiger partial charge in [0.1, 0.15) is 5.75 Å². The Bertz CT molecular complexity index is 1110. The van der Waals surface area contributed by atoms with E-state index in [-0.39, 0.29) is 30.3 Å². The fraction of sp³-hybridized carbons (Fsp3) is 0.448. The van der Waals surface area contributed by atoms with Gasteiger partial charge in [0.2, 0.25) is 0 Å². The number of carbonyl (C=O) groups is 2. The average Bonchev–Trinajstić information content (AvgIpc) is 2.87. The molecule has 2 aliphatic heterocycles. The van der Waals surface area contributed by atoms with Crippen molar-refractivity contribution in [2.24, 2.45) is 0 Å². The first kappa shape index (κ1) is 26.9. The molecule has 0 saturated carbocycles. The number of benzene rings is 2. The summed E-state index contributed by atoms with van der Waals surface area (Å²) >= 11 is 0. The molecule has 2 fully saturated rings. The summed E-state index contributed by atoms with van der Waals surface area (Å²) in [6.45, 7) is 13.1. The summed E-state index contributed by atoms with van der Waals surface area (Å²) in [6.07, 6.45) is 1.95. The normalized spacial score (nSPS) is 22.5. The van der Waals surface area contributed by atoms with E-state index < -0.39 is 5.97 Å². The van der Waals surface area contributed by atoms with Crippen molar-refractivity contribution in [2.45, 2.75) is 32.0 Å². The third-order valence-electron chi connectivity index (χ3n) is 7.51. The lowest BCUT2D eigenvalue weighted by atomic mass is 9.92. The highest BCUT2D eigenvalue weighted by atomic mass is 16.4. The molecule has 0 bridgehead atoms. The maximum atomic E-state index is 13.4. The van der Waals surface area contributed by atoms with Crippen LogP contribution in [0.25, 0.3) is 0 Å². The molecule has 0 spiro atoms. The lowest BCUT2D eigenvalue weighted by Crippen LogP contribution is -2.57. The second kappa shape index (κ2) is 11.9. The third-order valence-corrected chi connectivity index (χ3v) is 7.51. The van der Waals surface area contributed by atoms with Crippen LogP contribution < -0.4 is 0 Å². The summed E-state index contributed by atoms with van der Waals surface area (Å²) in [5.41, 5.74) is 2.63. The van der Waals surface area contributed by atoms with Crippen LogP contribution in [0.2, 0.25) is 0 Å². The summed E-state index contributed by atoms with van der Waals surface area (Å²) in [7, 11) is 0. The Balaban J connectivity index is 1.60. The minimum atomic E-state index is -0.848. The van der Waals surface area contributed by atoms with Crippen LogP contribution in [0.5, 0.6) is 5.75 Å². The number of hydrogen-bond donors (Lipinski definition) is 2. The number of carbonyl (C=O) groups excluding carboxylic acids is 1. The molecular formula is C29H38N4O4. The fourth-order valence-electron chi connectivity index (χ4n) is 5.60. The lowest BCUT2D eigenvalue weighted by Gasteiger charge is -2.47. The van der Waals surface area contributed by atoms with Crippen molar-refractivity contribution in [1.29, 1.82) is 0 Å². The third kappa shape index (κ3) is 6.39. The van der Waals surface area contributed by atoms with Gasteiger partial charge in [-0.15, -0.1) is 6.58 Å². The van der Waals surface area contributed by atoms with Crippen LogP contribution in [0.4, 0.5) is 0 Å². The lowest BCUT2D eigenvalue weighted by molar-refractivity contribution is -0.138. The topological polar surface area (TPSA) is 87.6 Å². The van der Waals surface area contributed by atoms with Crippen LogP contribution in [0.3, 0.4) is 0 Å². The first-order valence-corrected chi connectivity index (χ1v) is 13.0. The van der Waals surface area contributed by atoms with Crippen molar-refractivity contribution in [3.8, 4) is 5.75 Å². The van der Waals surface area contributed by atoms with E-state index in [9.17, 15) is 14.7 Å². The highest BCUT2D eigenvalue weighted by Gasteiger charge is 2.35. The summed E-state index contributed by atoms with van der Waals surface area (Å²) in [6, 6.07) is 15.7. The van der Waals surface area contributed by atoms with E-state index in [0.717, 1.165) is 30.8 Å². The molecule has 8 nitrogen and oxygen atoms in total. The molecule has 198 valence electrons. The first-order chi connectivity index (χ1) is 17.8. The monoisotopic (exact) mass is 506 g/mol. The van der Waals surface area contributed by atoms with E-state index in [0.29, 0.717) is 37.8 Å². The Morgan fingerprint density at radius 2 is 1.68 bits per heavy atom. The average molecular weight is 507 g/mol. The number of carboxylic acids is 1. The van der Waals surface area contributed by atoms with Gasteiger partial charge in [-0.2, -0.15) is 0 Å². The summed E-state index contributed by atoms with van der Waals surface area (Å²) < 4.78 is 0. The Hall–Kier alpha value is -3.20. The number of nitrogens with zero attached hydrogens (tertiary/aromatic N) is 4. The van der Waals surface area contributed by atoms with E-state index in [1.807, 2.05) is 47.4 Å². The van der Waals surface area contributed by atoms with Crippen molar-refractivity contribution in [3.05, 3.63) is 77.9 Å². The Morgan fingerprint density at radius 3 is 2.32 bits per heavy atom. The van der Waals surface area contributed by atoms with E-state index in [1.165, 1.54) is 0 Å². The predicted molar refractivity (Wildman–Crippen MR) is 144 cm³/mol. The van der Waals surface area contributed by atoms with Crippen LogP contribution >= 0.6 is 0 Å². The summed E-state index contributed by atoms with van der Waals surface area (Å²) in [5, 5.41) is 19.3. The smallest absolute Gasteiger partial charge is 0.317 e. The van der Waals surface area contributed by atoms with Gasteiger partial charge in [0.05, 0.1) is 12.6 Å². The van der Waals surface area contributed by atoms with Gasteiger partial charge in [0, 0.05) is 63.5 Å². The van der Waals surface area contributed by atoms with Crippen LogP contribution in [0, 0.1) is 0 Å². The Labute approximate surface area is 219 Å². The largest absolute Gasteiger partial charge is 0.508 e. The molecule has 2 aromatic rings. The number of aromatic hydroxyl groups is 1. The molecule has 2 heterocycles. The number of carboxylic acid groups (broad SMARTS) is 1. The number of phenols is 1. The number of phenolic OH excluding ortho intramolecular Hbond substituents is 1. The molecule has 0 aliphatic carbocycles. The van der Waals surface area contributed by atoms with E-state index in [4.69, 9.17) is 5.11 Å². The van der Waals surface area contributed by atoms with Crippen molar-refractivity contribution in [2.75, 3.05) is 52.4 Å². The van der Waals surface area contributed by atoms with Gasteiger partial charge < -0.3 is 15.1 Å².